The monoisotopic (exact) mass is 458 g/mol. The van der Waals surface area contributed by atoms with Crippen molar-refractivity contribution < 1.29 is 32.2 Å². The van der Waals surface area contributed by atoms with Crippen LogP contribution in [-0.4, -0.2) is 41.9 Å². The second-order valence-corrected chi connectivity index (χ2v) is 9.34. The number of carbonyl (C=O) groups excluding carboxylic acids is 2. The molecule has 6 atom stereocenters. The van der Waals surface area contributed by atoms with Crippen molar-refractivity contribution in [1.82, 2.24) is 5.32 Å². The van der Waals surface area contributed by atoms with E-state index >= 15 is 0 Å². The maximum Gasteiger partial charge on any atom is 0.417 e. The molecule has 1 aromatic carbocycles. The first kappa shape index (κ1) is 21.0. The highest BCUT2D eigenvalue weighted by atomic mass is 35.5. The first-order valence-corrected chi connectivity index (χ1v) is 10.7. The van der Waals surface area contributed by atoms with Crippen LogP contribution in [0.4, 0.5) is 18.9 Å². The van der Waals surface area contributed by atoms with Crippen LogP contribution in [0.1, 0.15) is 38.7 Å². The van der Waals surface area contributed by atoms with E-state index in [0.29, 0.717) is 19.3 Å². The zero-order valence-corrected chi connectivity index (χ0v) is 17.7. The molecule has 4 fully saturated rings. The number of rotatable bonds is 3. The molecule has 4 aliphatic heterocycles. The van der Waals surface area contributed by atoms with Crippen LogP contribution in [0.25, 0.3) is 0 Å². The number of hydrogen-bond acceptors (Lipinski definition) is 4. The van der Waals surface area contributed by atoms with Crippen molar-refractivity contribution in [3.8, 4) is 0 Å². The topological polar surface area (TPSA) is 67.9 Å². The molecule has 4 aliphatic rings. The van der Waals surface area contributed by atoms with Crippen molar-refractivity contribution in [3.05, 3.63) is 28.8 Å². The number of anilines is 1. The normalized spacial score (nSPS) is 38.5. The van der Waals surface area contributed by atoms with Crippen molar-refractivity contribution in [2.24, 2.45) is 11.8 Å². The summed E-state index contributed by atoms with van der Waals surface area (Å²) < 4.78 is 52.6. The average Bonchev–Trinajstić information content (AvgIpc) is 3.25. The molecule has 5 rings (SSSR count). The highest BCUT2D eigenvalue weighted by molar-refractivity contribution is 6.31. The standard InChI is InChI=1S/C21H22ClF3N2O4/c1-3-14(28)26-13-9-19(2)15-16-18(30-7-6-20(13,16)31-19)27(17(15)29)10-4-5-12(22)11(8-10)21(23,24)25/h4-5,8,13,15-16,18H,3,6-7,9H2,1-2H3,(H,26,28)/t13-,15-,16+,18+,19-,20+/m1/s1. The summed E-state index contributed by atoms with van der Waals surface area (Å²) in [7, 11) is 0. The lowest BCUT2D eigenvalue weighted by atomic mass is 9.64. The van der Waals surface area contributed by atoms with E-state index in [0.717, 1.165) is 12.1 Å². The van der Waals surface area contributed by atoms with Gasteiger partial charge in [-0.2, -0.15) is 13.2 Å². The summed E-state index contributed by atoms with van der Waals surface area (Å²) >= 11 is 5.77. The molecule has 31 heavy (non-hydrogen) atoms. The Morgan fingerprint density at radius 1 is 1.39 bits per heavy atom. The first-order chi connectivity index (χ1) is 14.5. The molecule has 2 bridgehead atoms. The second-order valence-electron chi connectivity index (χ2n) is 8.93. The van der Waals surface area contributed by atoms with Gasteiger partial charge in [-0.3, -0.25) is 14.5 Å². The molecule has 4 heterocycles. The maximum atomic E-state index is 13.5. The Balaban J connectivity index is 1.56. The predicted octanol–water partition coefficient (Wildman–Crippen LogP) is 3.51. The Bertz CT molecular complexity index is 972. The van der Waals surface area contributed by atoms with Crippen molar-refractivity contribution in [2.75, 3.05) is 11.5 Å². The van der Waals surface area contributed by atoms with E-state index in [-0.39, 0.29) is 36.1 Å². The zero-order valence-electron chi connectivity index (χ0n) is 17.0. The zero-order chi connectivity index (χ0) is 22.3. The van der Waals surface area contributed by atoms with Crippen LogP contribution >= 0.6 is 11.6 Å². The first-order valence-electron chi connectivity index (χ1n) is 10.3. The molecule has 0 radical (unpaired) electrons. The number of fused-ring (bicyclic) bond motifs is 2. The van der Waals surface area contributed by atoms with E-state index in [9.17, 15) is 22.8 Å². The minimum absolute atomic E-state index is 0.0929. The van der Waals surface area contributed by atoms with Gasteiger partial charge in [-0.05, 0) is 31.5 Å². The summed E-state index contributed by atoms with van der Waals surface area (Å²) in [4.78, 5) is 27.0. The van der Waals surface area contributed by atoms with Gasteiger partial charge in [0, 0.05) is 18.5 Å². The van der Waals surface area contributed by atoms with E-state index < -0.39 is 40.1 Å². The van der Waals surface area contributed by atoms with E-state index in [4.69, 9.17) is 21.1 Å². The van der Waals surface area contributed by atoms with Crippen molar-refractivity contribution in [2.45, 2.75) is 62.8 Å². The minimum atomic E-state index is -4.65. The summed E-state index contributed by atoms with van der Waals surface area (Å²) in [5.41, 5.74) is -2.51. The molecule has 6 nitrogen and oxygen atoms in total. The Kier molecular flexibility index (Phi) is 4.47. The lowest BCUT2D eigenvalue weighted by Crippen LogP contribution is -2.61. The van der Waals surface area contributed by atoms with Crippen LogP contribution in [0.2, 0.25) is 5.02 Å². The van der Waals surface area contributed by atoms with Crippen LogP contribution < -0.4 is 10.2 Å². The molecule has 0 unspecified atom stereocenters. The van der Waals surface area contributed by atoms with Crippen molar-refractivity contribution in [3.63, 3.8) is 0 Å². The maximum absolute atomic E-state index is 13.5. The molecule has 4 saturated heterocycles. The Morgan fingerprint density at radius 2 is 2.13 bits per heavy atom. The van der Waals surface area contributed by atoms with Gasteiger partial charge in [0.05, 0.1) is 46.3 Å². The van der Waals surface area contributed by atoms with Gasteiger partial charge >= 0.3 is 6.18 Å². The van der Waals surface area contributed by atoms with Gasteiger partial charge in [0.1, 0.15) is 6.23 Å². The fourth-order valence-electron chi connectivity index (χ4n) is 6.07. The summed E-state index contributed by atoms with van der Waals surface area (Å²) in [6.07, 6.45) is -4.11. The molecule has 2 amide bonds. The van der Waals surface area contributed by atoms with Gasteiger partial charge < -0.3 is 14.8 Å². The molecule has 1 N–H and O–H groups in total. The van der Waals surface area contributed by atoms with Gasteiger partial charge in [-0.1, -0.05) is 18.5 Å². The number of hydrogen-bond donors (Lipinski definition) is 1. The van der Waals surface area contributed by atoms with Crippen LogP contribution in [0.3, 0.4) is 0 Å². The number of amides is 2. The van der Waals surface area contributed by atoms with Gasteiger partial charge in [-0.15, -0.1) is 0 Å². The molecular formula is C21H22ClF3N2O4. The lowest BCUT2D eigenvalue weighted by molar-refractivity contribution is -0.148. The molecular weight excluding hydrogens is 437 g/mol. The molecule has 0 saturated carbocycles. The van der Waals surface area contributed by atoms with Gasteiger partial charge in [-0.25, -0.2) is 0 Å². The Hall–Kier alpha value is -1.84. The van der Waals surface area contributed by atoms with Gasteiger partial charge in [0.2, 0.25) is 11.8 Å². The fraction of sp³-hybridized carbons (Fsp3) is 0.619. The van der Waals surface area contributed by atoms with Crippen LogP contribution in [0.15, 0.2) is 18.2 Å². The third kappa shape index (κ3) is 2.79. The summed E-state index contributed by atoms with van der Waals surface area (Å²) in [5.74, 6) is -1.37. The number of benzene rings is 1. The van der Waals surface area contributed by atoms with Crippen LogP contribution in [0.5, 0.6) is 0 Å². The number of nitrogens with zero attached hydrogens (tertiary/aromatic N) is 1. The van der Waals surface area contributed by atoms with Gasteiger partial charge in [0.15, 0.2) is 0 Å². The average molecular weight is 459 g/mol. The summed E-state index contributed by atoms with van der Waals surface area (Å²) in [6, 6.07) is 3.17. The third-order valence-electron chi connectivity index (χ3n) is 7.24. The number of halogens is 4. The Labute approximate surface area is 182 Å². The van der Waals surface area contributed by atoms with Crippen molar-refractivity contribution >= 4 is 29.1 Å². The molecule has 168 valence electrons. The van der Waals surface area contributed by atoms with Crippen LogP contribution in [-0.2, 0) is 25.2 Å². The van der Waals surface area contributed by atoms with E-state index in [1.165, 1.54) is 11.0 Å². The highest BCUT2D eigenvalue weighted by Gasteiger charge is 2.78. The summed E-state index contributed by atoms with van der Waals surface area (Å²) in [6.45, 7) is 3.88. The minimum Gasteiger partial charge on any atom is -0.365 e. The lowest BCUT2D eigenvalue weighted by Gasteiger charge is -2.45. The second kappa shape index (κ2) is 6.59. The Morgan fingerprint density at radius 3 is 2.81 bits per heavy atom. The molecule has 0 aromatic heterocycles. The molecule has 1 aromatic rings. The SMILES string of the molecule is CCC(=O)N[C@@H]1C[C@@]2(C)O[C@@]13CCO[C@H]1[C@@H]3[C@@H]2C(=O)N1c1ccc(Cl)c(C(F)(F)F)c1. The van der Waals surface area contributed by atoms with Crippen LogP contribution in [0, 0.1) is 11.8 Å². The molecule has 10 heteroatoms. The van der Waals surface area contributed by atoms with E-state index in [1.807, 2.05) is 6.92 Å². The number of carbonyl (C=O) groups is 2. The predicted molar refractivity (Wildman–Crippen MR) is 104 cm³/mol. The summed E-state index contributed by atoms with van der Waals surface area (Å²) in [5, 5.41) is 2.61. The van der Waals surface area contributed by atoms with E-state index in [2.05, 4.69) is 5.32 Å². The van der Waals surface area contributed by atoms with E-state index in [1.54, 1.807) is 6.92 Å². The molecule has 1 spiro atoms. The number of ether oxygens (including phenoxy) is 2. The smallest absolute Gasteiger partial charge is 0.365 e. The highest BCUT2D eigenvalue weighted by Crippen LogP contribution is 2.65. The quantitative estimate of drug-likeness (QED) is 0.752. The largest absolute Gasteiger partial charge is 0.417 e. The van der Waals surface area contributed by atoms with Crippen molar-refractivity contribution in [1.29, 1.82) is 0 Å². The molecule has 0 aliphatic carbocycles. The van der Waals surface area contributed by atoms with Gasteiger partial charge in [0.25, 0.3) is 0 Å². The fourth-order valence-corrected chi connectivity index (χ4v) is 6.29. The number of nitrogens with one attached hydrogen (secondary N) is 1. The number of alkyl halides is 3. The third-order valence-corrected chi connectivity index (χ3v) is 7.57.